The molecule has 0 spiro atoms. The first-order chi connectivity index (χ1) is 8.46. The van der Waals surface area contributed by atoms with Crippen LogP contribution < -0.4 is 5.73 Å². The zero-order valence-corrected chi connectivity index (χ0v) is 12.0. The molecule has 2 N–H and O–H groups in total. The Kier molecular flexibility index (Phi) is 4.31. The minimum Gasteiger partial charge on any atom is -0.342 e. The predicted octanol–water partition coefficient (Wildman–Crippen LogP) is 2.54. The summed E-state index contributed by atoms with van der Waals surface area (Å²) in [6, 6.07) is 0.380. The van der Waals surface area contributed by atoms with Crippen molar-refractivity contribution in [3.63, 3.8) is 0 Å². The van der Waals surface area contributed by atoms with Crippen LogP contribution in [0, 0.1) is 11.3 Å². The average Bonchev–Trinajstić information content (AvgIpc) is 2.31. The van der Waals surface area contributed by atoms with Crippen molar-refractivity contribution in [2.75, 3.05) is 13.1 Å². The van der Waals surface area contributed by atoms with Gasteiger partial charge in [-0.1, -0.05) is 13.8 Å². The fourth-order valence-corrected chi connectivity index (χ4v) is 3.40. The van der Waals surface area contributed by atoms with Gasteiger partial charge < -0.3 is 10.6 Å². The monoisotopic (exact) mass is 252 g/mol. The highest BCUT2D eigenvalue weighted by molar-refractivity contribution is 5.76. The molecule has 0 aromatic heterocycles. The quantitative estimate of drug-likeness (QED) is 0.821. The molecule has 3 heteroatoms. The van der Waals surface area contributed by atoms with Crippen LogP contribution in [0.25, 0.3) is 0 Å². The number of rotatable bonds is 2. The van der Waals surface area contributed by atoms with Gasteiger partial charge in [0, 0.05) is 25.6 Å². The van der Waals surface area contributed by atoms with E-state index in [9.17, 15) is 4.79 Å². The summed E-state index contributed by atoms with van der Waals surface area (Å²) in [5.74, 6) is 0.964. The molecule has 2 aliphatic rings. The fraction of sp³-hybridized carbons (Fsp3) is 0.933. The first-order valence-corrected chi connectivity index (χ1v) is 7.50. The molecular formula is C15H28N2O. The third-order valence-corrected chi connectivity index (χ3v) is 4.61. The van der Waals surface area contributed by atoms with E-state index in [0.29, 0.717) is 23.3 Å². The van der Waals surface area contributed by atoms with E-state index in [0.717, 1.165) is 51.6 Å². The second-order valence-corrected chi connectivity index (χ2v) is 7.07. The van der Waals surface area contributed by atoms with Gasteiger partial charge >= 0.3 is 0 Å². The number of nitrogens with zero attached hydrogens (tertiary/aromatic N) is 1. The van der Waals surface area contributed by atoms with Gasteiger partial charge in [0.15, 0.2) is 0 Å². The zero-order chi connectivity index (χ0) is 13.2. The molecular weight excluding hydrogens is 224 g/mol. The highest BCUT2D eigenvalue weighted by atomic mass is 16.2. The van der Waals surface area contributed by atoms with Crippen LogP contribution in [0.15, 0.2) is 0 Å². The minimum absolute atomic E-state index is 0.308. The number of hydrogen-bond acceptors (Lipinski definition) is 2. The molecule has 0 unspecified atom stereocenters. The van der Waals surface area contributed by atoms with Crippen molar-refractivity contribution in [2.24, 2.45) is 17.1 Å². The molecule has 1 saturated heterocycles. The predicted molar refractivity (Wildman–Crippen MR) is 74.1 cm³/mol. The maximum atomic E-state index is 12.3. The summed E-state index contributed by atoms with van der Waals surface area (Å²) in [5, 5.41) is 0. The first kappa shape index (κ1) is 13.9. The van der Waals surface area contributed by atoms with Crippen molar-refractivity contribution in [1.82, 2.24) is 4.90 Å². The van der Waals surface area contributed by atoms with E-state index in [2.05, 4.69) is 18.7 Å². The molecule has 1 saturated carbocycles. The molecule has 3 nitrogen and oxygen atoms in total. The summed E-state index contributed by atoms with van der Waals surface area (Å²) in [5.41, 5.74) is 6.22. The minimum atomic E-state index is 0.308. The summed E-state index contributed by atoms with van der Waals surface area (Å²) >= 11 is 0. The van der Waals surface area contributed by atoms with Gasteiger partial charge in [-0.05, 0) is 49.9 Å². The van der Waals surface area contributed by atoms with Crippen molar-refractivity contribution >= 4 is 5.91 Å². The zero-order valence-electron chi connectivity index (χ0n) is 12.0. The molecule has 1 amide bonds. The van der Waals surface area contributed by atoms with E-state index in [1.807, 2.05) is 0 Å². The van der Waals surface area contributed by atoms with E-state index >= 15 is 0 Å². The van der Waals surface area contributed by atoms with Crippen LogP contribution >= 0.6 is 0 Å². The highest BCUT2D eigenvalue weighted by Crippen LogP contribution is 2.31. The molecule has 0 aromatic rings. The lowest BCUT2D eigenvalue weighted by Crippen LogP contribution is -2.44. The average molecular weight is 252 g/mol. The Labute approximate surface area is 111 Å². The maximum Gasteiger partial charge on any atom is 0.222 e. The van der Waals surface area contributed by atoms with Crippen LogP contribution in [0.4, 0.5) is 0 Å². The number of piperidine rings is 1. The SMILES string of the molecule is CC1(C)CCCN(C(=O)CC2CCC(N)CC2)C1. The molecule has 2 rings (SSSR count). The highest BCUT2D eigenvalue weighted by Gasteiger charge is 2.30. The van der Waals surface area contributed by atoms with Gasteiger partial charge in [0.2, 0.25) is 5.91 Å². The molecule has 0 aromatic carbocycles. The first-order valence-electron chi connectivity index (χ1n) is 7.50. The molecule has 1 aliphatic carbocycles. The number of hydrogen-bond donors (Lipinski definition) is 1. The molecule has 0 radical (unpaired) electrons. The van der Waals surface area contributed by atoms with Gasteiger partial charge in [0.25, 0.3) is 0 Å². The topological polar surface area (TPSA) is 46.3 Å². The van der Waals surface area contributed by atoms with Crippen LogP contribution in [0.1, 0.15) is 58.8 Å². The molecule has 0 atom stereocenters. The number of nitrogens with two attached hydrogens (primary N) is 1. The number of likely N-dealkylation sites (tertiary alicyclic amines) is 1. The van der Waals surface area contributed by atoms with E-state index in [1.54, 1.807) is 0 Å². The van der Waals surface area contributed by atoms with E-state index in [1.165, 1.54) is 6.42 Å². The molecule has 18 heavy (non-hydrogen) atoms. The Bertz CT molecular complexity index is 293. The van der Waals surface area contributed by atoms with Crippen LogP contribution in [0.5, 0.6) is 0 Å². The second-order valence-electron chi connectivity index (χ2n) is 7.07. The van der Waals surface area contributed by atoms with E-state index in [4.69, 9.17) is 5.73 Å². The third-order valence-electron chi connectivity index (χ3n) is 4.61. The molecule has 2 fully saturated rings. The van der Waals surface area contributed by atoms with Gasteiger partial charge in [0.05, 0.1) is 0 Å². The summed E-state index contributed by atoms with van der Waals surface area (Å²) < 4.78 is 0. The van der Waals surface area contributed by atoms with Crippen LogP contribution in [-0.4, -0.2) is 29.9 Å². The Morgan fingerprint density at radius 3 is 2.56 bits per heavy atom. The molecule has 104 valence electrons. The van der Waals surface area contributed by atoms with Gasteiger partial charge in [-0.25, -0.2) is 0 Å². The van der Waals surface area contributed by atoms with Crippen molar-refractivity contribution in [1.29, 1.82) is 0 Å². The lowest BCUT2D eigenvalue weighted by molar-refractivity contribution is -0.135. The fourth-order valence-electron chi connectivity index (χ4n) is 3.40. The Balaban J connectivity index is 1.80. The van der Waals surface area contributed by atoms with Crippen LogP contribution in [0.2, 0.25) is 0 Å². The van der Waals surface area contributed by atoms with Crippen molar-refractivity contribution in [3.8, 4) is 0 Å². The number of carbonyl (C=O) groups is 1. The van der Waals surface area contributed by atoms with Gasteiger partial charge in [-0.15, -0.1) is 0 Å². The van der Waals surface area contributed by atoms with Crippen LogP contribution in [0.3, 0.4) is 0 Å². The molecule has 0 bridgehead atoms. The van der Waals surface area contributed by atoms with E-state index < -0.39 is 0 Å². The normalized spacial score (nSPS) is 32.3. The van der Waals surface area contributed by atoms with Crippen molar-refractivity contribution in [3.05, 3.63) is 0 Å². The maximum absolute atomic E-state index is 12.3. The van der Waals surface area contributed by atoms with Crippen LogP contribution in [-0.2, 0) is 4.79 Å². The third kappa shape index (κ3) is 3.71. The lowest BCUT2D eigenvalue weighted by Gasteiger charge is -2.39. The van der Waals surface area contributed by atoms with Gasteiger partial charge in [0.1, 0.15) is 0 Å². The summed E-state index contributed by atoms with van der Waals surface area (Å²) in [6.07, 6.45) is 7.65. The van der Waals surface area contributed by atoms with Gasteiger partial charge in [-0.3, -0.25) is 4.79 Å². The second kappa shape index (κ2) is 5.60. The van der Waals surface area contributed by atoms with Crippen molar-refractivity contribution in [2.45, 2.75) is 64.8 Å². The summed E-state index contributed by atoms with van der Waals surface area (Å²) in [7, 11) is 0. The summed E-state index contributed by atoms with van der Waals surface area (Å²) in [4.78, 5) is 14.4. The van der Waals surface area contributed by atoms with E-state index in [-0.39, 0.29) is 0 Å². The standard InChI is InChI=1S/C15H28N2O/c1-15(2)8-3-9-17(11-15)14(18)10-12-4-6-13(16)7-5-12/h12-13H,3-11,16H2,1-2H3. The number of amides is 1. The molecule has 1 aliphatic heterocycles. The smallest absolute Gasteiger partial charge is 0.222 e. The Hall–Kier alpha value is -0.570. The number of carbonyl (C=O) groups excluding carboxylic acids is 1. The largest absolute Gasteiger partial charge is 0.342 e. The van der Waals surface area contributed by atoms with Gasteiger partial charge in [-0.2, -0.15) is 0 Å². The summed E-state index contributed by atoms with van der Waals surface area (Å²) in [6.45, 7) is 6.45. The Morgan fingerprint density at radius 1 is 1.28 bits per heavy atom. The lowest BCUT2D eigenvalue weighted by atomic mass is 9.82. The molecule has 1 heterocycles. The Morgan fingerprint density at radius 2 is 1.94 bits per heavy atom. The van der Waals surface area contributed by atoms with Crippen molar-refractivity contribution < 1.29 is 4.79 Å².